The van der Waals surface area contributed by atoms with Crippen LogP contribution in [-0.2, 0) is 11.3 Å². The number of rotatable bonds is 3. The molecule has 2 unspecified atom stereocenters. The molecule has 5 heteroatoms. The molecule has 2 aliphatic heterocycles. The van der Waals surface area contributed by atoms with Crippen molar-refractivity contribution >= 4 is 22.7 Å². The van der Waals surface area contributed by atoms with Gasteiger partial charge in [-0.15, -0.1) is 0 Å². The highest BCUT2D eigenvalue weighted by Gasteiger charge is 2.38. The first-order valence-electron chi connectivity index (χ1n) is 10.2. The van der Waals surface area contributed by atoms with Crippen molar-refractivity contribution in [3.8, 4) is 0 Å². The average molecular weight is 385 g/mol. The molecule has 2 atom stereocenters. The van der Waals surface area contributed by atoms with Crippen molar-refractivity contribution in [3.05, 3.63) is 78.1 Å². The van der Waals surface area contributed by atoms with Gasteiger partial charge in [0, 0.05) is 18.4 Å². The second-order valence-electron chi connectivity index (χ2n) is 7.76. The second-order valence-corrected chi connectivity index (χ2v) is 7.76. The van der Waals surface area contributed by atoms with Gasteiger partial charge in [0.05, 0.1) is 17.1 Å². The number of amides is 1. The molecule has 3 heterocycles. The lowest BCUT2D eigenvalue weighted by molar-refractivity contribution is 0.0510. The number of piperidine rings is 1. The van der Waals surface area contributed by atoms with Crippen molar-refractivity contribution < 1.29 is 9.53 Å². The molecule has 0 spiro atoms. The van der Waals surface area contributed by atoms with Crippen LogP contribution in [-0.4, -0.2) is 33.0 Å². The smallest absolute Gasteiger partial charge is 0.410 e. The summed E-state index contributed by atoms with van der Waals surface area (Å²) in [6, 6.07) is 16.4. The minimum Gasteiger partial charge on any atom is -0.445 e. The maximum atomic E-state index is 12.9. The van der Waals surface area contributed by atoms with E-state index in [1.807, 2.05) is 41.3 Å². The van der Waals surface area contributed by atoms with Crippen LogP contribution in [0.1, 0.15) is 36.8 Å². The fourth-order valence-corrected chi connectivity index (χ4v) is 4.49. The van der Waals surface area contributed by atoms with Crippen LogP contribution in [0.15, 0.2) is 67.0 Å². The summed E-state index contributed by atoms with van der Waals surface area (Å²) in [5, 5.41) is 0. The molecule has 2 aromatic carbocycles. The van der Waals surface area contributed by atoms with Crippen molar-refractivity contribution in [2.45, 2.75) is 44.4 Å². The molecule has 29 heavy (non-hydrogen) atoms. The first-order valence-corrected chi connectivity index (χ1v) is 10.2. The van der Waals surface area contributed by atoms with Crippen molar-refractivity contribution in [3.63, 3.8) is 0 Å². The number of hydrogen-bond acceptors (Lipinski definition) is 4. The van der Waals surface area contributed by atoms with Gasteiger partial charge in [-0.1, -0.05) is 42.5 Å². The Hall–Kier alpha value is -3.21. The summed E-state index contributed by atoms with van der Waals surface area (Å²) < 4.78 is 5.64. The maximum absolute atomic E-state index is 12.9. The van der Waals surface area contributed by atoms with Crippen LogP contribution in [0.2, 0.25) is 0 Å². The van der Waals surface area contributed by atoms with Gasteiger partial charge in [-0.25, -0.2) is 4.79 Å². The predicted octanol–water partition coefficient (Wildman–Crippen LogP) is 4.98. The zero-order valence-electron chi connectivity index (χ0n) is 16.2. The molecule has 0 N–H and O–H groups in total. The van der Waals surface area contributed by atoms with Crippen LogP contribution in [0.3, 0.4) is 0 Å². The molecule has 5 nitrogen and oxygen atoms in total. The normalized spacial score (nSPS) is 21.0. The van der Waals surface area contributed by atoms with E-state index in [0.29, 0.717) is 6.61 Å². The Balaban J connectivity index is 1.36. The van der Waals surface area contributed by atoms with E-state index in [4.69, 9.17) is 4.74 Å². The summed E-state index contributed by atoms with van der Waals surface area (Å²) in [5.41, 5.74) is 5.28. The molecule has 3 aromatic rings. The van der Waals surface area contributed by atoms with Crippen LogP contribution in [0.5, 0.6) is 0 Å². The van der Waals surface area contributed by atoms with Crippen molar-refractivity contribution in [2.24, 2.45) is 0 Å². The molecule has 1 amide bonds. The Kier molecular flexibility index (Phi) is 4.72. The molecule has 5 rings (SSSR count). The summed E-state index contributed by atoms with van der Waals surface area (Å²) in [5.74, 6) is 0. The Morgan fingerprint density at radius 2 is 1.86 bits per heavy atom. The van der Waals surface area contributed by atoms with E-state index in [1.54, 1.807) is 12.4 Å². The van der Waals surface area contributed by atoms with Crippen molar-refractivity contribution in [1.82, 2.24) is 14.9 Å². The minimum atomic E-state index is -0.205. The Morgan fingerprint density at radius 3 is 2.69 bits per heavy atom. The standard InChI is InChI=1S/C24H23N3O2/c28-24(29-16-17-5-2-1-3-6-17)27-20-7-4-8-21(27)14-19(13-20)18-9-10-22-23(15-18)26-12-11-25-22/h1-3,5-6,9-13,15,20-21H,4,7-8,14,16H2. The van der Waals surface area contributed by atoms with E-state index in [1.165, 1.54) is 11.1 Å². The van der Waals surface area contributed by atoms with Gasteiger partial charge >= 0.3 is 6.09 Å². The van der Waals surface area contributed by atoms with E-state index < -0.39 is 0 Å². The highest BCUT2D eigenvalue weighted by atomic mass is 16.6. The summed E-state index contributed by atoms with van der Waals surface area (Å²) in [6.45, 7) is 0.315. The second kappa shape index (κ2) is 7.66. The summed E-state index contributed by atoms with van der Waals surface area (Å²) in [7, 11) is 0. The van der Waals surface area contributed by atoms with E-state index >= 15 is 0 Å². The zero-order chi connectivity index (χ0) is 19.6. The van der Waals surface area contributed by atoms with Crippen LogP contribution in [0.4, 0.5) is 4.79 Å². The Morgan fingerprint density at radius 1 is 1.03 bits per heavy atom. The van der Waals surface area contributed by atoms with Gasteiger partial charge in [-0.3, -0.25) is 14.9 Å². The predicted molar refractivity (Wildman–Crippen MR) is 112 cm³/mol. The zero-order valence-corrected chi connectivity index (χ0v) is 16.2. The average Bonchev–Trinajstić information content (AvgIpc) is 2.77. The lowest BCUT2D eigenvalue weighted by Crippen LogP contribution is -2.51. The molecule has 1 fully saturated rings. The van der Waals surface area contributed by atoms with E-state index in [2.05, 4.69) is 28.2 Å². The number of carbonyl (C=O) groups is 1. The molecule has 1 aromatic heterocycles. The third kappa shape index (κ3) is 3.60. The molecular formula is C24H23N3O2. The molecule has 2 aliphatic rings. The molecule has 1 saturated heterocycles. The lowest BCUT2D eigenvalue weighted by atomic mass is 9.83. The summed E-state index contributed by atoms with van der Waals surface area (Å²) in [6.07, 6.45) is 9.47. The molecule has 0 radical (unpaired) electrons. The fourth-order valence-electron chi connectivity index (χ4n) is 4.49. The number of benzene rings is 2. The Bertz CT molecular complexity index is 1060. The molecule has 0 aliphatic carbocycles. The van der Waals surface area contributed by atoms with Gasteiger partial charge in [0.15, 0.2) is 0 Å². The molecule has 2 bridgehead atoms. The van der Waals surface area contributed by atoms with Crippen LogP contribution in [0, 0.1) is 0 Å². The number of aromatic nitrogens is 2. The van der Waals surface area contributed by atoms with Gasteiger partial charge in [-0.05, 0) is 54.5 Å². The van der Waals surface area contributed by atoms with E-state index in [0.717, 1.165) is 42.3 Å². The topological polar surface area (TPSA) is 55.3 Å². The third-order valence-electron chi connectivity index (χ3n) is 5.89. The van der Waals surface area contributed by atoms with Gasteiger partial charge in [0.2, 0.25) is 0 Å². The van der Waals surface area contributed by atoms with Gasteiger partial charge < -0.3 is 4.74 Å². The quantitative estimate of drug-likeness (QED) is 0.638. The minimum absolute atomic E-state index is 0.0957. The van der Waals surface area contributed by atoms with E-state index in [9.17, 15) is 4.79 Å². The summed E-state index contributed by atoms with van der Waals surface area (Å²) in [4.78, 5) is 23.6. The number of ether oxygens (including phenoxy) is 1. The molecule has 146 valence electrons. The van der Waals surface area contributed by atoms with Crippen LogP contribution >= 0.6 is 0 Å². The monoisotopic (exact) mass is 385 g/mol. The number of fused-ring (bicyclic) bond motifs is 3. The number of nitrogens with zero attached hydrogens (tertiary/aromatic N) is 3. The highest BCUT2D eigenvalue weighted by Crippen LogP contribution is 2.38. The lowest BCUT2D eigenvalue weighted by Gasteiger charge is -2.44. The van der Waals surface area contributed by atoms with Crippen LogP contribution < -0.4 is 0 Å². The Labute approximate surface area is 170 Å². The first kappa shape index (κ1) is 17.9. The fraction of sp³-hybridized carbons (Fsp3) is 0.292. The highest BCUT2D eigenvalue weighted by molar-refractivity contribution is 5.81. The maximum Gasteiger partial charge on any atom is 0.410 e. The first-order chi connectivity index (χ1) is 14.3. The van der Waals surface area contributed by atoms with Gasteiger partial charge in [0.1, 0.15) is 6.61 Å². The number of hydrogen-bond donors (Lipinski definition) is 0. The van der Waals surface area contributed by atoms with E-state index in [-0.39, 0.29) is 18.2 Å². The SMILES string of the molecule is O=C(OCc1ccccc1)N1C2C=C(c3ccc4nccnc4c3)CC1CCC2. The molecular weight excluding hydrogens is 362 g/mol. The van der Waals surface area contributed by atoms with Crippen molar-refractivity contribution in [2.75, 3.05) is 0 Å². The summed E-state index contributed by atoms with van der Waals surface area (Å²) >= 11 is 0. The van der Waals surface area contributed by atoms with Gasteiger partial charge in [0.25, 0.3) is 0 Å². The third-order valence-corrected chi connectivity index (χ3v) is 5.89. The molecule has 0 saturated carbocycles. The largest absolute Gasteiger partial charge is 0.445 e. The van der Waals surface area contributed by atoms with Crippen LogP contribution in [0.25, 0.3) is 16.6 Å². The number of carbonyl (C=O) groups excluding carboxylic acids is 1. The van der Waals surface area contributed by atoms with Gasteiger partial charge in [-0.2, -0.15) is 0 Å². The van der Waals surface area contributed by atoms with Crippen molar-refractivity contribution in [1.29, 1.82) is 0 Å².